The Balaban J connectivity index is 1.48. The molecule has 234 valence electrons. The highest BCUT2D eigenvalue weighted by molar-refractivity contribution is 7.23. The summed E-state index contributed by atoms with van der Waals surface area (Å²) in [6.45, 7) is 6.41. The first kappa shape index (κ1) is 30.5. The molecular formula is C31H31F3N8O2S. The maximum Gasteiger partial charge on any atom is 0.319 e. The molecule has 10 nitrogen and oxygen atoms in total. The molecule has 2 N–H and O–H groups in total. The first-order chi connectivity index (χ1) is 21.5. The maximum absolute atomic E-state index is 16.6. The molecular weight excluding hydrogens is 605 g/mol. The largest absolute Gasteiger partial charge is 0.462 e. The summed E-state index contributed by atoms with van der Waals surface area (Å²) in [5.41, 5.74) is 6.00. The molecule has 4 unspecified atom stereocenters. The Morgan fingerprint density at radius 2 is 2.13 bits per heavy atom. The highest BCUT2D eigenvalue weighted by atomic mass is 32.1. The van der Waals surface area contributed by atoms with Gasteiger partial charge in [-0.2, -0.15) is 15.2 Å². The third kappa shape index (κ3) is 5.19. The van der Waals surface area contributed by atoms with Crippen LogP contribution in [0.1, 0.15) is 25.3 Å². The van der Waals surface area contributed by atoms with Crippen LogP contribution in [0.5, 0.6) is 6.01 Å². The number of thiophene rings is 1. The number of amides is 1. The van der Waals surface area contributed by atoms with E-state index in [-0.39, 0.29) is 92.4 Å². The van der Waals surface area contributed by atoms with Crippen molar-refractivity contribution >= 4 is 49.1 Å². The van der Waals surface area contributed by atoms with E-state index >= 15 is 4.39 Å². The number of benzene rings is 1. The highest BCUT2D eigenvalue weighted by Crippen LogP contribution is 2.42. The van der Waals surface area contributed by atoms with E-state index in [4.69, 9.17) is 10.5 Å². The van der Waals surface area contributed by atoms with Crippen LogP contribution in [0.2, 0.25) is 0 Å². The summed E-state index contributed by atoms with van der Waals surface area (Å²) in [7, 11) is 3.61. The zero-order chi connectivity index (χ0) is 32.2. The van der Waals surface area contributed by atoms with Crippen molar-refractivity contribution < 1.29 is 22.7 Å². The van der Waals surface area contributed by atoms with Gasteiger partial charge in [-0.25, -0.2) is 13.2 Å². The van der Waals surface area contributed by atoms with E-state index in [0.29, 0.717) is 18.8 Å². The number of anilines is 2. The van der Waals surface area contributed by atoms with E-state index in [0.717, 1.165) is 11.3 Å². The zero-order valence-corrected chi connectivity index (χ0v) is 25.7. The van der Waals surface area contributed by atoms with Gasteiger partial charge < -0.3 is 20.3 Å². The molecule has 6 rings (SSSR count). The second kappa shape index (κ2) is 11.8. The van der Waals surface area contributed by atoms with E-state index in [1.807, 2.05) is 22.8 Å². The summed E-state index contributed by atoms with van der Waals surface area (Å²) >= 11 is 0.907. The van der Waals surface area contributed by atoms with E-state index in [1.165, 1.54) is 24.4 Å². The maximum atomic E-state index is 16.6. The summed E-state index contributed by atoms with van der Waals surface area (Å²) in [4.78, 5) is 31.4. The van der Waals surface area contributed by atoms with Gasteiger partial charge in [0.05, 0.1) is 21.7 Å². The fraction of sp³-hybridized carbons (Fsp3) is 0.387. The monoisotopic (exact) mass is 636 g/mol. The summed E-state index contributed by atoms with van der Waals surface area (Å²) in [5, 5.41) is 10.3. The Bertz CT molecular complexity index is 1880. The first-order valence-corrected chi connectivity index (χ1v) is 15.3. The van der Waals surface area contributed by atoms with Gasteiger partial charge >= 0.3 is 6.01 Å². The number of halogens is 3. The van der Waals surface area contributed by atoms with Crippen LogP contribution in [0.4, 0.5) is 24.0 Å². The van der Waals surface area contributed by atoms with Gasteiger partial charge in [-0.1, -0.05) is 6.58 Å². The van der Waals surface area contributed by atoms with Crippen LogP contribution in [-0.2, 0) is 4.79 Å². The molecule has 5 heterocycles. The zero-order valence-electron chi connectivity index (χ0n) is 24.9. The number of rotatable bonds is 7. The van der Waals surface area contributed by atoms with Crippen molar-refractivity contribution in [3.05, 3.63) is 48.2 Å². The third-order valence-corrected chi connectivity index (χ3v) is 9.90. The topological polar surface area (TPSA) is 125 Å². The minimum Gasteiger partial charge on any atom is -0.462 e. The predicted molar refractivity (Wildman–Crippen MR) is 167 cm³/mol. The average Bonchev–Trinajstić information content (AvgIpc) is 3.68. The molecule has 14 heteroatoms. The van der Waals surface area contributed by atoms with Gasteiger partial charge in [0.1, 0.15) is 46.7 Å². The molecule has 0 bridgehead atoms. The van der Waals surface area contributed by atoms with Crippen molar-refractivity contribution in [3.8, 4) is 23.3 Å². The number of likely N-dealkylation sites (N-methyl/N-ethyl adjacent to an activating group) is 2. The van der Waals surface area contributed by atoms with Crippen LogP contribution < -0.4 is 15.4 Å². The molecule has 2 aliphatic heterocycles. The number of alkyl halides is 1. The summed E-state index contributed by atoms with van der Waals surface area (Å²) in [5.74, 6) is -1.25. The molecule has 3 aromatic heterocycles. The molecule has 0 spiro atoms. The molecule has 0 saturated carbocycles. The van der Waals surface area contributed by atoms with Gasteiger partial charge in [0, 0.05) is 49.4 Å². The normalized spacial score (nSPS) is 21.8. The van der Waals surface area contributed by atoms with Crippen molar-refractivity contribution in [2.75, 3.05) is 44.4 Å². The van der Waals surface area contributed by atoms with Gasteiger partial charge in [-0.15, -0.1) is 11.3 Å². The second-order valence-corrected chi connectivity index (χ2v) is 12.5. The van der Waals surface area contributed by atoms with E-state index in [2.05, 4.69) is 21.5 Å². The van der Waals surface area contributed by atoms with Crippen molar-refractivity contribution in [2.24, 2.45) is 0 Å². The lowest BCUT2D eigenvalue weighted by Gasteiger charge is -2.32. The van der Waals surface area contributed by atoms with Crippen molar-refractivity contribution in [1.29, 1.82) is 5.26 Å². The Morgan fingerprint density at radius 3 is 2.82 bits per heavy atom. The fourth-order valence-electron chi connectivity index (χ4n) is 6.44. The molecule has 2 fully saturated rings. The Hall–Kier alpha value is -4.48. The van der Waals surface area contributed by atoms with Crippen molar-refractivity contribution in [1.82, 2.24) is 24.8 Å². The van der Waals surface area contributed by atoms with Crippen molar-refractivity contribution in [2.45, 2.75) is 44.1 Å². The first-order valence-electron chi connectivity index (χ1n) is 14.4. The lowest BCUT2D eigenvalue weighted by molar-refractivity contribution is -0.126. The smallest absolute Gasteiger partial charge is 0.319 e. The number of nitrogens with two attached hydrogens (primary N) is 1. The molecule has 0 aliphatic carbocycles. The molecule has 1 amide bonds. The van der Waals surface area contributed by atoms with Crippen LogP contribution >= 0.6 is 11.3 Å². The minimum atomic E-state index is -0.976. The number of aromatic nitrogens is 3. The lowest BCUT2D eigenvalue weighted by atomic mass is 10.0. The predicted octanol–water partition coefficient (Wildman–Crippen LogP) is 4.67. The number of nitrogen functional groups attached to an aromatic ring is 1. The molecule has 2 saturated heterocycles. The molecule has 45 heavy (non-hydrogen) atoms. The number of pyridine rings is 1. The van der Waals surface area contributed by atoms with Crippen LogP contribution in [0, 0.1) is 23.0 Å². The van der Waals surface area contributed by atoms with Crippen molar-refractivity contribution in [3.63, 3.8) is 0 Å². The standard InChI is InChI=1S/C31H31F3N8O2S/c1-5-23(43)42-9-8-22(15(42)2)41(4)30-20-12-37-26(18-6-7-21(33)28-24(18)19(11-35)29(36)45-28)25(34)27(20)38-31(39-30)44-14-17-10-16(32)13-40(17)3/h5-7,12,15-17,22H,1,8-10,13-14,36H2,2-4H3. The van der Waals surface area contributed by atoms with Gasteiger partial charge in [0.25, 0.3) is 0 Å². The summed E-state index contributed by atoms with van der Waals surface area (Å²) in [6, 6.07) is 3.83. The Kier molecular flexibility index (Phi) is 8.00. The number of fused-ring (bicyclic) bond motifs is 2. The molecule has 4 aromatic rings. The number of carbonyl (C=O) groups is 1. The van der Waals surface area contributed by atoms with E-state index in [1.54, 1.807) is 19.0 Å². The van der Waals surface area contributed by atoms with Gasteiger partial charge in [0.2, 0.25) is 5.91 Å². The molecule has 1 aromatic carbocycles. The number of nitriles is 1. The Labute approximate surface area is 261 Å². The van der Waals surface area contributed by atoms with Crippen LogP contribution in [0.3, 0.4) is 0 Å². The van der Waals surface area contributed by atoms with Gasteiger partial charge in [-0.05, 0) is 45.0 Å². The average molecular weight is 637 g/mol. The summed E-state index contributed by atoms with van der Waals surface area (Å²) in [6.07, 6.45) is 2.65. The van der Waals surface area contributed by atoms with E-state index < -0.39 is 17.8 Å². The van der Waals surface area contributed by atoms with Gasteiger partial charge in [0.15, 0.2) is 5.82 Å². The fourth-order valence-corrected chi connectivity index (χ4v) is 7.39. The molecule has 0 radical (unpaired) electrons. The van der Waals surface area contributed by atoms with Crippen LogP contribution in [-0.4, -0.2) is 88.7 Å². The number of ether oxygens (including phenoxy) is 1. The second-order valence-electron chi connectivity index (χ2n) is 11.4. The summed E-state index contributed by atoms with van der Waals surface area (Å²) < 4.78 is 51.5. The highest BCUT2D eigenvalue weighted by Gasteiger charge is 2.37. The SMILES string of the molecule is C=CC(=O)N1CCC(N(C)c2nc(OCC3CC(F)CN3C)nc3c(F)c(-c4ccc(F)c5sc(N)c(C#N)c45)ncc23)C1C. The van der Waals surface area contributed by atoms with E-state index in [9.17, 15) is 18.8 Å². The number of hydrogen-bond donors (Lipinski definition) is 1. The number of likely N-dealkylation sites (tertiary alicyclic amines) is 2. The third-order valence-electron chi connectivity index (χ3n) is 8.87. The quantitative estimate of drug-likeness (QED) is 0.288. The lowest BCUT2D eigenvalue weighted by Crippen LogP contribution is -2.43. The van der Waals surface area contributed by atoms with Crippen LogP contribution in [0.15, 0.2) is 31.0 Å². The number of nitrogens with zero attached hydrogens (tertiary/aromatic N) is 7. The van der Waals surface area contributed by atoms with Gasteiger partial charge in [-0.3, -0.25) is 14.7 Å². The van der Waals surface area contributed by atoms with Crippen LogP contribution in [0.25, 0.3) is 32.2 Å². The number of carbonyl (C=O) groups excluding carboxylic acids is 1. The molecule has 2 aliphatic rings. The minimum absolute atomic E-state index is 0.0404. The number of hydrogen-bond acceptors (Lipinski definition) is 10. The Morgan fingerprint density at radius 1 is 1.36 bits per heavy atom. The molecule has 4 atom stereocenters.